The van der Waals surface area contributed by atoms with Crippen LogP contribution in [0.4, 0.5) is 0 Å². The van der Waals surface area contributed by atoms with Crippen LogP contribution in [0.25, 0.3) is 22.2 Å². The molecule has 0 aliphatic carbocycles. The van der Waals surface area contributed by atoms with Gasteiger partial charge in [-0.2, -0.15) is 0 Å². The van der Waals surface area contributed by atoms with Crippen molar-refractivity contribution in [2.24, 2.45) is 0 Å². The summed E-state index contributed by atoms with van der Waals surface area (Å²) in [6.45, 7) is 2.50. The minimum atomic E-state index is -0.112. The van der Waals surface area contributed by atoms with Gasteiger partial charge in [0.25, 0.3) is 5.91 Å². The molecule has 1 N–H and O–H groups in total. The summed E-state index contributed by atoms with van der Waals surface area (Å²) in [4.78, 5) is 21.7. The molecular weight excluding hydrogens is 334 g/mol. The van der Waals surface area contributed by atoms with Gasteiger partial charge in [-0.15, -0.1) is 0 Å². The summed E-state index contributed by atoms with van der Waals surface area (Å²) in [6.07, 6.45) is 3.44. The number of carbonyl (C=O) groups is 1. The highest BCUT2D eigenvalue weighted by molar-refractivity contribution is 6.07. The first-order chi connectivity index (χ1) is 13.2. The average Bonchev–Trinajstić information content (AvgIpc) is 2.72. The number of nitrogens with zero attached hydrogens (tertiary/aromatic N) is 2. The molecule has 0 spiro atoms. The van der Waals surface area contributed by atoms with E-state index in [0.29, 0.717) is 12.1 Å². The quantitative estimate of drug-likeness (QED) is 0.586. The molecule has 132 valence electrons. The Morgan fingerprint density at radius 3 is 2.59 bits per heavy atom. The van der Waals surface area contributed by atoms with Crippen LogP contribution in [0.5, 0.6) is 0 Å². The second-order valence-corrected chi connectivity index (χ2v) is 6.48. The number of pyridine rings is 2. The number of benzene rings is 2. The van der Waals surface area contributed by atoms with Crippen molar-refractivity contribution < 1.29 is 4.79 Å². The molecular formula is C23H19N3O. The lowest BCUT2D eigenvalue weighted by Crippen LogP contribution is -2.23. The first-order valence-corrected chi connectivity index (χ1v) is 8.84. The zero-order chi connectivity index (χ0) is 18.6. The molecule has 0 saturated carbocycles. The van der Waals surface area contributed by atoms with Gasteiger partial charge < -0.3 is 5.32 Å². The van der Waals surface area contributed by atoms with Crippen molar-refractivity contribution in [3.63, 3.8) is 0 Å². The van der Waals surface area contributed by atoms with Gasteiger partial charge in [-0.3, -0.25) is 9.78 Å². The molecule has 2 aromatic heterocycles. The van der Waals surface area contributed by atoms with Gasteiger partial charge in [0.15, 0.2) is 0 Å². The summed E-state index contributed by atoms with van der Waals surface area (Å²) in [7, 11) is 0. The van der Waals surface area contributed by atoms with Gasteiger partial charge in [0, 0.05) is 29.9 Å². The van der Waals surface area contributed by atoms with E-state index in [2.05, 4.69) is 16.4 Å². The topological polar surface area (TPSA) is 54.9 Å². The van der Waals surface area contributed by atoms with Gasteiger partial charge in [-0.25, -0.2) is 4.98 Å². The second-order valence-electron chi connectivity index (χ2n) is 6.48. The van der Waals surface area contributed by atoms with Crippen molar-refractivity contribution in [1.29, 1.82) is 0 Å². The molecule has 1 amide bonds. The first-order valence-electron chi connectivity index (χ1n) is 8.84. The van der Waals surface area contributed by atoms with Gasteiger partial charge in [-0.05, 0) is 42.8 Å². The van der Waals surface area contributed by atoms with E-state index < -0.39 is 0 Å². The average molecular weight is 353 g/mol. The molecule has 4 nitrogen and oxygen atoms in total. The Morgan fingerprint density at radius 2 is 1.78 bits per heavy atom. The number of fused-ring (bicyclic) bond motifs is 1. The van der Waals surface area contributed by atoms with Crippen LogP contribution in [0.2, 0.25) is 0 Å². The molecule has 2 heterocycles. The lowest BCUT2D eigenvalue weighted by molar-refractivity contribution is 0.0952. The summed E-state index contributed by atoms with van der Waals surface area (Å²) in [5.74, 6) is -0.112. The highest BCUT2D eigenvalue weighted by Gasteiger charge is 2.14. The van der Waals surface area contributed by atoms with E-state index >= 15 is 0 Å². The Labute approximate surface area is 157 Å². The van der Waals surface area contributed by atoms with Crippen LogP contribution < -0.4 is 5.32 Å². The number of para-hydroxylation sites is 1. The van der Waals surface area contributed by atoms with Crippen molar-refractivity contribution in [1.82, 2.24) is 15.3 Å². The third-order valence-electron chi connectivity index (χ3n) is 4.48. The number of rotatable bonds is 4. The normalized spacial score (nSPS) is 10.7. The Bertz CT molecular complexity index is 1110. The number of carbonyl (C=O) groups excluding carboxylic acids is 1. The summed E-state index contributed by atoms with van der Waals surface area (Å²) in [6, 6.07) is 21.5. The Morgan fingerprint density at radius 1 is 0.963 bits per heavy atom. The van der Waals surface area contributed by atoms with Crippen LogP contribution in [0.15, 0.2) is 79.1 Å². The van der Waals surface area contributed by atoms with E-state index in [9.17, 15) is 4.79 Å². The number of hydrogen-bond acceptors (Lipinski definition) is 3. The molecule has 0 aliphatic heterocycles. The van der Waals surface area contributed by atoms with Crippen LogP contribution >= 0.6 is 0 Å². The maximum atomic E-state index is 12.9. The highest BCUT2D eigenvalue weighted by Crippen LogP contribution is 2.25. The largest absolute Gasteiger partial charge is 0.348 e. The zero-order valence-electron chi connectivity index (χ0n) is 15.0. The number of aromatic nitrogens is 2. The summed E-state index contributed by atoms with van der Waals surface area (Å²) in [5.41, 5.74) is 5.41. The van der Waals surface area contributed by atoms with Crippen molar-refractivity contribution >= 4 is 16.8 Å². The van der Waals surface area contributed by atoms with E-state index in [0.717, 1.165) is 33.3 Å². The van der Waals surface area contributed by atoms with Crippen LogP contribution in [0.3, 0.4) is 0 Å². The fourth-order valence-corrected chi connectivity index (χ4v) is 3.09. The summed E-state index contributed by atoms with van der Waals surface area (Å²) < 4.78 is 0. The third-order valence-corrected chi connectivity index (χ3v) is 4.48. The molecule has 2 aromatic carbocycles. The molecule has 4 heteroatoms. The molecule has 0 saturated heterocycles. The highest BCUT2D eigenvalue weighted by atomic mass is 16.1. The second kappa shape index (κ2) is 7.38. The van der Waals surface area contributed by atoms with Gasteiger partial charge >= 0.3 is 0 Å². The minimum Gasteiger partial charge on any atom is -0.348 e. The fourth-order valence-electron chi connectivity index (χ4n) is 3.09. The van der Waals surface area contributed by atoms with Crippen molar-refractivity contribution in [2.45, 2.75) is 13.5 Å². The lowest BCUT2D eigenvalue weighted by Gasteiger charge is -2.11. The SMILES string of the molecule is Cc1cccc(-c2cc(C(=O)NCc3ccncc3)c3ccccc3n2)c1. The first kappa shape index (κ1) is 16.9. The molecule has 0 bridgehead atoms. The molecule has 0 atom stereocenters. The number of amides is 1. The molecule has 0 unspecified atom stereocenters. The maximum absolute atomic E-state index is 12.9. The summed E-state index contributed by atoms with van der Waals surface area (Å²) in [5, 5.41) is 3.85. The Balaban J connectivity index is 1.73. The summed E-state index contributed by atoms with van der Waals surface area (Å²) >= 11 is 0. The van der Waals surface area contributed by atoms with Crippen molar-refractivity contribution in [3.8, 4) is 11.3 Å². The fraction of sp³-hybridized carbons (Fsp3) is 0.0870. The number of hydrogen-bond donors (Lipinski definition) is 1. The molecule has 27 heavy (non-hydrogen) atoms. The van der Waals surface area contributed by atoms with Crippen molar-refractivity contribution in [3.05, 3.63) is 95.8 Å². The standard InChI is InChI=1S/C23H19N3O/c1-16-5-4-6-18(13-16)22-14-20(19-7-2-3-8-21(19)26-22)23(27)25-15-17-9-11-24-12-10-17/h2-14H,15H2,1H3,(H,25,27). The number of nitrogens with one attached hydrogen (secondary N) is 1. The van der Waals surface area contributed by atoms with Crippen LogP contribution in [-0.4, -0.2) is 15.9 Å². The van der Waals surface area contributed by atoms with Crippen molar-refractivity contribution in [2.75, 3.05) is 0 Å². The molecule has 4 aromatic rings. The van der Waals surface area contributed by atoms with E-state index in [4.69, 9.17) is 4.98 Å². The van der Waals surface area contributed by atoms with Gasteiger partial charge in [0.1, 0.15) is 0 Å². The monoisotopic (exact) mass is 353 g/mol. The molecule has 4 rings (SSSR count). The maximum Gasteiger partial charge on any atom is 0.252 e. The van der Waals surface area contributed by atoms with Crippen LogP contribution in [0, 0.1) is 6.92 Å². The molecule has 0 fully saturated rings. The zero-order valence-corrected chi connectivity index (χ0v) is 15.0. The molecule has 0 aliphatic rings. The van der Waals surface area contributed by atoms with E-state index in [1.54, 1.807) is 12.4 Å². The predicted molar refractivity (Wildman–Crippen MR) is 107 cm³/mol. The Hall–Kier alpha value is -3.53. The smallest absolute Gasteiger partial charge is 0.252 e. The minimum absolute atomic E-state index is 0.112. The van der Waals surface area contributed by atoms with Crippen LogP contribution in [0.1, 0.15) is 21.5 Å². The van der Waals surface area contributed by atoms with Gasteiger partial charge in [-0.1, -0.05) is 42.0 Å². The Kier molecular flexibility index (Phi) is 4.62. The van der Waals surface area contributed by atoms with Gasteiger partial charge in [0.05, 0.1) is 16.8 Å². The predicted octanol–water partition coefficient (Wildman–Crippen LogP) is 4.54. The third kappa shape index (κ3) is 3.70. The van der Waals surface area contributed by atoms with E-state index in [-0.39, 0.29) is 5.91 Å². The molecule has 0 radical (unpaired) electrons. The van der Waals surface area contributed by atoms with E-state index in [1.807, 2.05) is 67.6 Å². The van der Waals surface area contributed by atoms with Gasteiger partial charge in [0.2, 0.25) is 0 Å². The lowest BCUT2D eigenvalue weighted by atomic mass is 10.0. The van der Waals surface area contributed by atoms with E-state index in [1.165, 1.54) is 0 Å². The van der Waals surface area contributed by atoms with Crippen LogP contribution in [-0.2, 0) is 6.54 Å². The number of aryl methyl sites for hydroxylation is 1.